The highest BCUT2D eigenvalue weighted by molar-refractivity contribution is 6.03. The topological polar surface area (TPSA) is 144 Å². The van der Waals surface area contributed by atoms with Crippen LogP contribution in [0, 0.1) is 29.1 Å². The van der Waals surface area contributed by atoms with E-state index >= 15 is 0 Å². The molecule has 47 heavy (non-hydrogen) atoms. The van der Waals surface area contributed by atoms with Crippen molar-refractivity contribution >= 4 is 29.3 Å². The summed E-state index contributed by atoms with van der Waals surface area (Å²) in [5, 5.41) is 17.3. The molecule has 0 bridgehead atoms. The first kappa shape index (κ1) is 39.9. The minimum absolute atomic E-state index is 0.0230. The highest BCUT2D eigenvalue weighted by Gasteiger charge is 2.41. The van der Waals surface area contributed by atoms with Crippen molar-refractivity contribution in [3.05, 3.63) is 35.9 Å². The maximum Gasteiger partial charge on any atom is 0.241 e. The number of likely N-dealkylation sites (tertiary alicyclic amines) is 1. The quantitative estimate of drug-likeness (QED) is 0.178. The van der Waals surface area contributed by atoms with Crippen LogP contribution < -0.4 is 16.0 Å². The molecule has 0 spiro atoms. The molecule has 0 unspecified atom stereocenters. The lowest BCUT2D eigenvalue weighted by Gasteiger charge is -2.39. The van der Waals surface area contributed by atoms with Gasteiger partial charge in [0.1, 0.15) is 0 Å². The number of carbonyl (C=O) groups excluding carboxylic acids is 4. The Kier molecular flexibility index (Phi) is 16.0. The van der Waals surface area contributed by atoms with Crippen LogP contribution in [0.5, 0.6) is 0 Å². The van der Waals surface area contributed by atoms with Gasteiger partial charge in [-0.05, 0) is 50.1 Å². The second-order valence-electron chi connectivity index (χ2n) is 13.6. The van der Waals surface area contributed by atoms with E-state index in [1.165, 1.54) is 0 Å². The molecule has 11 heteroatoms. The van der Waals surface area contributed by atoms with E-state index < -0.39 is 18.1 Å². The Labute approximate surface area is 282 Å². The van der Waals surface area contributed by atoms with E-state index in [1.54, 1.807) is 33.0 Å². The standard InChI is InChI=1S/C36H60N6O5/c1-11-23(4)33(41(9)30(44)21-39-36(46)32(38-8)22(2)3)24(5)20-29(43)42-19-15-18-28(42)34(47-10)25(6)35(45)40-26(7)31(37)27-16-13-12-14-17-27/h12-14,16-17,22-26,28,32-34,37-38H,11,15,18-21H2,1-10H3,(H,39,46)(H,40,45)/t23-,24+,25+,26+,28-,32-,33-,34+/m0/s1. The summed E-state index contributed by atoms with van der Waals surface area (Å²) in [4.78, 5) is 56.7. The van der Waals surface area contributed by atoms with E-state index in [9.17, 15) is 19.2 Å². The molecule has 1 heterocycles. The molecule has 0 aromatic heterocycles. The molecule has 2 rings (SSSR count). The van der Waals surface area contributed by atoms with Crippen LogP contribution in [0.3, 0.4) is 0 Å². The van der Waals surface area contributed by atoms with Crippen LogP contribution in [0.2, 0.25) is 0 Å². The van der Waals surface area contributed by atoms with Crippen molar-refractivity contribution in [2.45, 2.75) is 104 Å². The second-order valence-corrected chi connectivity index (χ2v) is 13.6. The Morgan fingerprint density at radius 2 is 1.66 bits per heavy atom. The lowest BCUT2D eigenvalue weighted by Crippen LogP contribution is -2.53. The van der Waals surface area contributed by atoms with Gasteiger partial charge in [0.2, 0.25) is 23.6 Å². The smallest absolute Gasteiger partial charge is 0.241 e. The van der Waals surface area contributed by atoms with Crippen molar-refractivity contribution in [3.8, 4) is 0 Å². The first-order chi connectivity index (χ1) is 22.2. The normalized spacial score (nSPS) is 19.2. The number of hydrogen-bond acceptors (Lipinski definition) is 7. The number of nitrogens with zero attached hydrogens (tertiary/aromatic N) is 2. The van der Waals surface area contributed by atoms with Gasteiger partial charge in [-0.1, -0.05) is 78.3 Å². The molecule has 0 aliphatic carbocycles. The van der Waals surface area contributed by atoms with Gasteiger partial charge in [0.05, 0.1) is 42.4 Å². The van der Waals surface area contributed by atoms with Gasteiger partial charge in [0.15, 0.2) is 0 Å². The fourth-order valence-electron chi connectivity index (χ4n) is 6.98. The van der Waals surface area contributed by atoms with Crippen molar-refractivity contribution in [1.82, 2.24) is 25.8 Å². The molecule has 1 saturated heterocycles. The lowest BCUT2D eigenvalue weighted by molar-refractivity contribution is -0.142. The number of hydrogen-bond donors (Lipinski definition) is 4. The average molecular weight is 657 g/mol. The van der Waals surface area contributed by atoms with Gasteiger partial charge in [-0.15, -0.1) is 0 Å². The number of methoxy groups -OCH3 is 1. The van der Waals surface area contributed by atoms with Gasteiger partial charge in [0.25, 0.3) is 0 Å². The summed E-state index contributed by atoms with van der Waals surface area (Å²) in [6.07, 6.45) is 2.09. The number of rotatable bonds is 18. The molecule has 4 amide bonds. The Morgan fingerprint density at radius 3 is 2.21 bits per heavy atom. The molecular formula is C36H60N6O5. The first-order valence-corrected chi connectivity index (χ1v) is 17.2. The van der Waals surface area contributed by atoms with Crippen molar-refractivity contribution in [2.24, 2.45) is 23.7 Å². The molecule has 0 saturated carbocycles. The summed E-state index contributed by atoms with van der Waals surface area (Å²) in [7, 11) is 5.06. The van der Waals surface area contributed by atoms with Crippen LogP contribution in [-0.2, 0) is 23.9 Å². The van der Waals surface area contributed by atoms with Crippen LogP contribution in [0.4, 0.5) is 0 Å². The summed E-state index contributed by atoms with van der Waals surface area (Å²) < 4.78 is 5.89. The molecule has 1 aliphatic heterocycles. The van der Waals surface area contributed by atoms with Crippen LogP contribution in [0.1, 0.15) is 79.7 Å². The van der Waals surface area contributed by atoms with Crippen molar-refractivity contribution in [3.63, 3.8) is 0 Å². The van der Waals surface area contributed by atoms with Gasteiger partial charge in [-0.2, -0.15) is 0 Å². The summed E-state index contributed by atoms with van der Waals surface area (Å²) in [6.45, 7) is 14.1. The SMILES string of the molecule is CC[C@H](C)[C@@H]([C@H](C)CC(=O)N1CCC[C@H]1[C@H](OC)[C@@H](C)C(=O)N[C@H](C)C(=N)c1ccccc1)N(C)C(=O)CNC(=O)[C@@H](NC)C(C)C. The monoisotopic (exact) mass is 656 g/mol. The van der Waals surface area contributed by atoms with Crippen LogP contribution >= 0.6 is 0 Å². The number of amides is 4. The van der Waals surface area contributed by atoms with E-state index in [0.717, 1.165) is 24.8 Å². The molecule has 264 valence electrons. The van der Waals surface area contributed by atoms with E-state index in [0.29, 0.717) is 12.3 Å². The fraction of sp³-hybridized carbons (Fsp3) is 0.694. The molecule has 1 aliphatic rings. The van der Waals surface area contributed by atoms with E-state index in [-0.39, 0.29) is 72.5 Å². The molecule has 1 fully saturated rings. The van der Waals surface area contributed by atoms with E-state index in [4.69, 9.17) is 10.1 Å². The predicted octanol–water partition coefficient (Wildman–Crippen LogP) is 3.46. The van der Waals surface area contributed by atoms with Crippen LogP contribution in [-0.4, -0.2) is 104 Å². The van der Waals surface area contributed by atoms with Crippen molar-refractivity contribution in [1.29, 1.82) is 5.41 Å². The third-order valence-corrected chi connectivity index (χ3v) is 9.88. The molecular weight excluding hydrogens is 596 g/mol. The summed E-state index contributed by atoms with van der Waals surface area (Å²) in [6, 6.07) is 7.97. The minimum atomic E-state index is -0.549. The van der Waals surface area contributed by atoms with E-state index in [2.05, 4.69) is 29.8 Å². The Balaban J connectivity index is 2.10. The summed E-state index contributed by atoms with van der Waals surface area (Å²) in [5.41, 5.74) is 1.07. The number of ether oxygens (including phenoxy) is 1. The molecule has 0 radical (unpaired) electrons. The lowest BCUT2D eigenvalue weighted by atomic mass is 9.85. The summed E-state index contributed by atoms with van der Waals surface area (Å²) >= 11 is 0. The molecule has 8 atom stereocenters. The summed E-state index contributed by atoms with van der Waals surface area (Å²) in [5.74, 6) is -1.15. The first-order valence-electron chi connectivity index (χ1n) is 17.2. The van der Waals surface area contributed by atoms with Gasteiger partial charge in [-0.25, -0.2) is 0 Å². The number of benzene rings is 1. The van der Waals surface area contributed by atoms with Gasteiger partial charge < -0.3 is 35.9 Å². The third-order valence-electron chi connectivity index (χ3n) is 9.88. The number of carbonyl (C=O) groups is 4. The van der Waals surface area contributed by atoms with Crippen LogP contribution in [0.25, 0.3) is 0 Å². The molecule has 1 aromatic carbocycles. The predicted molar refractivity (Wildman–Crippen MR) is 186 cm³/mol. The molecule has 11 nitrogen and oxygen atoms in total. The van der Waals surface area contributed by atoms with Gasteiger partial charge in [-0.3, -0.25) is 19.2 Å². The zero-order valence-corrected chi connectivity index (χ0v) is 30.3. The third kappa shape index (κ3) is 10.6. The molecule has 4 N–H and O–H groups in total. The van der Waals surface area contributed by atoms with Crippen molar-refractivity contribution in [2.75, 3.05) is 34.3 Å². The van der Waals surface area contributed by atoms with Gasteiger partial charge >= 0.3 is 0 Å². The Bertz CT molecular complexity index is 1190. The fourth-order valence-corrected chi connectivity index (χ4v) is 6.98. The number of likely N-dealkylation sites (N-methyl/N-ethyl adjacent to an activating group) is 2. The Morgan fingerprint density at radius 1 is 1.02 bits per heavy atom. The van der Waals surface area contributed by atoms with Gasteiger partial charge in [0, 0.05) is 33.2 Å². The largest absolute Gasteiger partial charge is 0.378 e. The zero-order chi connectivity index (χ0) is 35.4. The Hall–Kier alpha value is -3.31. The average Bonchev–Trinajstić information content (AvgIpc) is 3.53. The minimum Gasteiger partial charge on any atom is -0.378 e. The maximum atomic E-state index is 13.9. The zero-order valence-electron chi connectivity index (χ0n) is 30.3. The highest BCUT2D eigenvalue weighted by atomic mass is 16.5. The van der Waals surface area contributed by atoms with Crippen LogP contribution in [0.15, 0.2) is 30.3 Å². The second kappa shape index (κ2) is 18.9. The highest BCUT2D eigenvalue weighted by Crippen LogP contribution is 2.30. The van der Waals surface area contributed by atoms with E-state index in [1.807, 2.05) is 62.9 Å². The van der Waals surface area contributed by atoms with Crippen molar-refractivity contribution < 1.29 is 23.9 Å². The number of nitrogens with one attached hydrogen (secondary N) is 4. The molecule has 1 aromatic rings. The maximum absolute atomic E-state index is 13.9.